The Labute approximate surface area is 116 Å². The molecule has 2 nitrogen and oxygen atoms in total. The van der Waals surface area contributed by atoms with Crippen LogP contribution in [0.25, 0.3) is 0 Å². The summed E-state index contributed by atoms with van der Waals surface area (Å²) in [5, 5.41) is 0. The van der Waals surface area contributed by atoms with Gasteiger partial charge in [0.05, 0.1) is 15.8 Å². The Bertz CT molecular complexity index is 564. The third-order valence-electron chi connectivity index (χ3n) is 2.76. The first-order valence-electron chi connectivity index (χ1n) is 5.63. The molecule has 94 valence electrons. The van der Waals surface area contributed by atoms with Crippen LogP contribution >= 0.6 is 22.9 Å². The number of hydrogen-bond acceptors (Lipinski definition) is 3. The summed E-state index contributed by atoms with van der Waals surface area (Å²) in [5.74, 6) is 0.0950. The van der Waals surface area contributed by atoms with Gasteiger partial charge in [0.15, 0.2) is 5.78 Å². The van der Waals surface area contributed by atoms with Gasteiger partial charge in [-0.2, -0.15) is 0 Å². The largest absolute Gasteiger partial charge is 0.367 e. The second-order valence-electron chi connectivity index (χ2n) is 4.17. The molecule has 0 saturated carbocycles. The second-order valence-corrected chi connectivity index (χ2v) is 5.88. The fourth-order valence-electron chi connectivity index (χ4n) is 1.83. The van der Waals surface area contributed by atoms with E-state index in [4.69, 9.17) is 11.6 Å². The van der Waals surface area contributed by atoms with Crippen LogP contribution in [0.2, 0.25) is 4.34 Å². The Morgan fingerprint density at radius 3 is 2.61 bits per heavy atom. The summed E-state index contributed by atoms with van der Waals surface area (Å²) in [5.41, 5.74) is 2.24. The first-order chi connectivity index (χ1) is 8.58. The van der Waals surface area contributed by atoms with Crippen molar-refractivity contribution in [3.8, 4) is 0 Å². The number of ketones is 1. The number of thiophene rings is 1. The number of anilines is 1. The van der Waals surface area contributed by atoms with Crippen molar-refractivity contribution in [1.29, 1.82) is 0 Å². The van der Waals surface area contributed by atoms with E-state index in [1.165, 1.54) is 11.3 Å². The van der Waals surface area contributed by atoms with Crippen molar-refractivity contribution in [3.63, 3.8) is 0 Å². The van der Waals surface area contributed by atoms with Crippen molar-refractivity contribution in [3.05, 3.63) is 51.2 Å². The van der Waals surface area contributed by atoms with E-state index >= 15 is 0 Å². The maximum atomic E-state index is 12.1. The van der Waals surface area contributed by atoms with Gasteiger partial charge in [-0.05, 0) is 30.7 Å². The summed E-state index contributed by atoms with van der Waals surface area (Å²) in [6.45, 7) is 2.40. The molecule has 18 heavy (non-hydrogen) atoms. The van der Waals surface area contributed by atoms with Gasteiger partial charge in [-0.25, -0.2) is 0 Å². The van der Waals surface area contributed by atoms with Gasteiger partial charge in [0.1, 0.15) is 0 Å². The molecule has 0 radical (unpaired) electrons. The number of likely N-dealkylation sites (N-methyl/N-ethyl adjacent to an activating group) is 1. The first-order valence-corrected chi connectivity index (χ1v) is 6.82. The van der Waals surface area contributed by atoms with Crippen LogP contribution < -0.4 is 4.90 Å². The average Bonchev–Trinajstić information content (AvgIpc) is 2.76. The van der Waals surface area contributed by atoms with Gasteiger partial charge in [-0.3, -0.25) is 4.79 Å². The predicted octanol–water partition coefficient (Wildman–Crippen LogP) is 4.03. The van der Waals surface area contributed by atoms with Crippen LogP contribution in [0.4, 0.5) is 5.69 Å². The van der Waals surface area contributed by atoms with Crippen molar-refractivity contribution < 1.29 is 4.79 Å². The SMILES string of the molecule is Cc1ccccc1N(C)CC(=O)c1ccc(Cl)s1. The van der Waals surface area contributed by atoms with E-state index in [9.17, 15) is 4.79 Å². The zero-order valence-corrected chi connectivity index (χ0v) is 11.9. The Kier molecular flexibility index (Phi) is 4.04. The number of para-hydroxylation sites is 1. The highest BCUT2D eigenvalue weighted by Gasteiger charge is 2.13. The zero-order valence-electron chi connectivity index (χ0n) is 10.3. The Balaban J connectivity index is 2.10. The molecule has 0 atom stereocenters. The van der Waals surface area contributed by atoms with Crippen molar-refractivity contribution in [2.24, 2.45) is 0 Å². The van der Waals surface area contributed by atoms with Gasteiger partial charge in [0.25, 0.3) is 0 Å². The maximum absolute atomic E-state index is 12.1. The molecule has 0 saturated heterocycles. The van der Waals surface area contributed by atoms with Gasteiger partial charge in [-0.1, -0.05) is 29.8 Å². The highest BCUT2D eigenvalue weighted by Crippen LogP contribution is 2.23. The molecule has 0 aliphatic heterocycles. The van der Waals surface area contributed by atoms with Crippen LogP contribution in [0, 0.1) is 6.92 Å². The van der Waals surface area contributed by atoms with Crippen LogP contribution in [-0.2, 0) is 0 Å². The molecule has 0 bridgehead atoms. The molecule has 0 spiro atoms. The lowest BCUT2D eigenvalue weighted by Gasteiger charge is -2.20. The second kappa shape index (κ2) is 5.55. The van der Waals surface area contributed by atoms with E-state index in [0.29, 0.717) is 15.8 Å². The molecule has 4 heteroatoms. The number of carbonyl (C=O) groups is 1. The van der Waals surface area contributed by atoms with Gasteiger partial charge >= 0.3 is 0 Å². The molecule has 1 aromatic heterocycles. The van der Waals surface area contributed by atoms with Gasteiger partial charge in [0.2, 0.25) is 0 Å². The number of hydrogen-bond donors (Lipinski definition) is 0. The molecule has 2 rings (SSSR count). The van der Waals surface area contributed by atoms with Crippen LogP contribution in [0.5, 0.6) is 0 Å². The highest BCUT2D eigenvalue weighted by molar-refractivity contribution is 7.18. The predicted molar refractivity (Wildman–Crippen MR) is 78.1 cm³/mol. The summed E-state index contributed by atoms with van der Waals surface area (Å²) in [6, 6.07) is 11.6. The molecular weight excluding hydrogens is 266 g/mol. The molecule has 1 heterocycles. The smallest absolute Gasteiger partial charge is 0.192 e. The zero-order chi connectivity index (χ0) is 13.1. The summed E-state index contributed by atoms with van der Waals surface area (Å²) >= 11 is 7.16. The third kappa shape index (κ3) is 2.92. The maximum Gasteiger partial charge on any atom is 0.192 e. The van der Waals surface area contributed by atoms with E-state index in [1.54, 1.807) is 12.1 Å². The van der Waals surface area contributed by atoms with Crippen molar-refractivity contribution in [1.82, 2.24) is 0 Å². The minimum absolute atomic E-state index is 0.0950. The van der Waals surface area contributed by atoms with Gasteiger partial charge in [-0.15, -0.1) is 11.3 Å². The highest BCUT2D eigenvalue weighted by atomic mass is 35.5. The summed E-state index contributed by atoms with van der Waals surface area (Å²) < 4.78 is 0.650. The van der Waals surface area contributed by atoms with Crippen LogP contribution in [-0.4, -0.2) is 19.4 Å². The summed E-state index contributed by atoms with van der Waals surface area (Å²) in [7, 11) is 1.93. The Hall–Kier alpha value is -1.32. The van der Waals surface area contributed by atoms with Crippen molar-refractivity contribution in [2.75, 3.05) is 18.5 Å². The minimum atomic E-state index is 0.0950. The molecule has 0 aliphatic rings. The van der Waals surface area contributed by atoms with Crippen LogP contribution in [0.1, 0.15) is 15.2 Å². The molecule has 0 fully saturated rings. The topological polar surface area (TPSA) is 20.3 Å². The van der Waals surface area contributed by atoms with Crippen molar-refractivity contribution in [2.45, 2.75) is 6.92 Å². The molecule has 2 aromatic rings. The average molecular weight is 280 g/mol. The minimum Gasteiger partial charge on any atom is -0.367 e. The Morgan fingerprint density at radius 1 is 1.28 bits per heavy atom. The van der Waals surface area contributed by atoms with E-state index in [0.717, 1.165) is 11.3 Å². The monoisotopic (exact) mass is 279 g/mol. The number of nitrogens with zero attached hydrogens (tertiary/aromatic N) is 1. The summed E-state index contributed by atoms with van der Waals surface area (Å²) in [4.78, 5) is 14.7. The number of halogens is 1. The molecule has 0 amide bonds. The van der Waals surface area contributed by atoms with E-state index < -0.39 is 0 Å². The number of carbonyl (C=O) groups excluding carboxylic acids is 1. The standard InChI is InChI=1S/C14H14ClNOS/c1-10-5-3-4-6-11(10)16(2)9-12(17)13-7-8-14(15)18-13/h3-8H,9H2,1-2H3. The first kappa shape index (κ1) is 13.1. The quantitative estimate of drug-likeness (QED) is 0.788. The molecule has 1 aromatic carbocycles. The molecular formula is C14H14ClNOS. The van der Waals surface area contributed by atoms with E-state index in [2.05, 4.69) is 0 Å². The van der Waals surface area contributed by atoms with Crippen LogP contribution in [0.3, 0.4) is 0 Å². The lowest BCUT2D eigenvalue weighted by atomic mass is 10.2. The van der Waals surface area contributed by atoms with Crippen molar-refractivity contribution >= 4 is 34.4 Å². The lowest BCUT2D eigenvalue weighted by molar-refractivity contribution is 0.100. The molecule has 0 aliphatic carbocycles. The number of Topliss-reactive ketones (excluding diaryl/α,β-unsaturated/α-hetero) is 1. The lowest BCUT2D eigenvalue weighted by Crippen LogP contribution is -2.25. The molecule has 0 unspecified atom stereocenters. The van der Waals surface area contributed by atoms with Gasteiger partial charge in [0, 0.05) is 12.7 Å². The summed E-state index contributed by atoms with van der Waals surface area (Å²) in [6.07, 6.45) is 0. The molecule has 0 N–H and O–H groups in total. The number of aryl methyl sites for hydroxylation is 1. The van der Waals surface area contributed by atoms with E-state index in [1.807, 2.05) is 43.1 Å². The normalized spacial score (nSPS) is 10.4. The van der Waals surface area contributed by atoms with E-state index in [-0.39, 0.29) is 5.78 Å². The third-order valence-corrected chi connectivity index (χ3v) is 4.03. The Morgan fingerprint density at radius 2 is 2.00 bits per heavy atom. The number of benzene rings is 1. The number of rotatable bonds is 4. The van der Waals surface area contributed by atoms with Gasteiger partial charge < -0.3 is 4.90 Å². The fourth-order valence-corrected chi connectivity index (χ4v) is 2.81. The fraction of sp³-hybridized carbons (Fsp3) is 0.214. The van der Waals surface area contributed by atoms with Crippen LogP contribution in [0.15, 0.2) is 36.4 Å².